The smallest absolute Gasteiger partial charge is 0.252 e. The summed E-state index contributed by atoms with van der Waals surface area (Å²) in [4.78, 5) is 11.9. The normalized spacial score (nSPS) is 19.6. The molecule has 1 heterocycles. The minimum atomic E-state index is -0.223. The summed E-state index contributed by atoms with van der Waals surface area (Å²) < 4.78 is 0. The summed E-state index contributed by atoms with van der Waals surface area (Å²) in [7, 11) is 0. The highest BCUT2D eigenvalue weighted by molar-refractivity contribution is 7.08. The van der Waals surface area contributed by atoms with Crippen molar-refractivity contribution in [3.8, 4) is 0 Å². The molecule has 3 nitrogen and oxygen atoms in total. The average Bonchev–Trinajstić information content (AvgIpc) is 2.94. The van der Waals surface area contributed by atoms with E-state index in [1.54, 1.807) is 0 Å². The summed E-state index contributed by atoms with van der Waals surface area (Å²) in [5.41, 5.74) is 6.25. The van der Waals surface area contributed by atoms with Crippen LogP contribution in [-0.4, -0.2) is 18.0 Å². The Morgan fingerprint density at radius 1 is 1.73 bits per heavy atom. The highest BCUT2D eigenvalue weighted by atomic mass is 32.1. The van der Waals surface area contributed by atoms with E-state index in [0.717, 1.165) is 5.56 Å². The zero-order valence-electron chi connectivity index (χ0n) is 8.82. The van der Waals surface area contributed by atoms with E-state index in [2.05, 4.69) is 5.32 Å². The summed E-state index contributed by atoms with van der Waals surface area (Å²) in [6, 6.07) is 1.84. The van der Waals surface area contributed by atoms with Crippen molar-refractivity contribution in [1.82, 2.24) is 5.32 Å². The largest absolute Gasteiger partial charge is 0.345 e. The molecule has 0 aromatic carbocycles. The molecule has 1 aliphatic rings. The second-order valence-corrected chi connectivity index (χ2v) is 5.14. The topological polar surface area (TPSA) is 55.1 Å². The lowest BCUT2D eigenvalue weighted by molar-refractivity contribution is 0.0898. The molecule has 0 radical (unpaired) electrons. The van der Waals surface area contributed by atoms with Crippen molar-refractivity contribution < 1.29 is 4.79 Å². The number of hydrogen-bond donors (Lipinski definition) is 2. The van der Waals surface area contributed by atoms with E-state index in [-0.39, 0.29) is 11.4 Å². The van der Waals surface area contributed by atoms with Gasteiger partial charge >= 0.3 is 0 Å². The first-order valence-corrected chi connectivity index (χ1v) is 6.15. The van der Waals surface area contributed by atoms with Gasteiger partial charge in [0.25, 0.3) is 5.91 Å². The predicted octanol–water partition coefficient (Wildman–Crippen LogP) is 1.61. The van der Waals surface area contributed by atoms with Gasteiger partial charge in [0.2, 0.25) is 0 Å². The van der Waals surface area contributed by atoms with Gasteiger partial charge in [-0.05, 0) is 37.1 Å². The molecule has 3 N–H and O–H groups in total. The van der Waals surface area contributed by atoms with Crippen LogP contribution < -0.4 is 11.1 Å². The monoisotopic (exact) mass is 224 g/mol. The van der Waals surface area contributed by atoms with Crippen molar-refractivity contribution in [3.63, 3.8) is 0 Å². The molecule has 1 atom stereocenters. The number of amides is 1. The number of nitrogens with two attached hydrogens (primary N) is 1. The highest BCUT2D eigenvalue weighted by Gasteiger charge is 2.41. The molecule has 1 aromatic rings. The van der Waals surface area contributed by atoms with Crippen LogP contribution in [0.5, 0.6) is 0 Å². The number of thiophene rings is 1. The van der Waals surface area contributed by atoms with E-state index in [4.69, 9.17) is 5.73 Å². The van der Waals surface area contributed by atoms with Gasteiger partial charge in [0.15, 0.2) is 0 Å². The Hall–Kier alpha value is -0.870. The molecular weight excluding hydrogens is 208 g/mol. The Morgan fingerprint density at radius 3 is 2.93 bits per heavy atom. The van der Waals surface area contributed by atoms with Crippen molar-refractivity contribution in [2.75, 3.05) is 6.54 Å². The molecule has 0 bridgehead atoms. The first-order chi connectivity index (χ1) is 7.15. The van der Waals surface area contributed by atoms with Crippen LogP contribution in [0.25, 0.3) is 0 Å². The predicted molar refractivity (Wildman–Crippen MR) is 62.0 cm³/mol. The van der Waals surface area contributed by atoms with Gasteiger partial charge in [-0.15, -0.1) is 0 Å². The van der Waals surface area contributed by atoms with Crippen molar-refractivity contribution in [1.29, 1.82) is 0 Å². The number of carbonyl (C=O) groups excluding carboxylic acids is 1. The third-order valence-corrected chi connectivity index (χ3v) is 3.77. The van der Waals surface area contributed by atoms with Crippen LogP contribution in [0.15, 0.2) is 16.8 Å². The van der Waals surface area contributed by atoms with Gasteiger partial charge in [0, 0.05) is 11.9 Å². The second-order valence-electron chi connectivity index (χ2n) is 4.36. The minimum Gasteiger partial charge on any atom is -0.345 e. The van der Waals surface area contributed by atoms with Gasteiger partial charge in [0.05, 0.1) is 11.1 Å². The molecule has 1 saturated carbocycles. The molecule has 1 amide bonds. The molecule has 2 rings (SSSR count). The summed E-state index contributed by atoms with van der Waals surface area (Å²) >= 11 is 1.53. The first-order valence-electron chi connectivity index (χ1n) is 5.20. The Labute approximate surface area is 93.7 Å². The third-order valence-electron chi connectivity index (χ3n) is 3.08. The maximum absolute atomic E-state index is 11.9. The lowest BCUT2D eigenvalue weighted by atomic mass is 9.95. The summed E-state index contributed by atoms with van der Waals surface area (Å²) in [6.07, 6.45) is 2.36. The third kappa shape index (κ3) is 2.21. The molecule has 1 unspecified atom stereocenters. The SMILES string of the molecule is CC(CN)(NC(=O)c1ccsc1)C1CC1. The van der Waals surface area contributed by atoms with Crippen LogP contribution in [0.2, 0.25) is 0 Å². The molecule has 0 spiro atoms. The minimum absolute atomic E-state index is 0.00361. The van der Waals surface area contributed by atoms with E-state index in [1.807, 2.05) is 23.8 Å². The fourth-order valence-electron chi connectivity index (χ4n) is 1.77. The lowest BCUT2D eigenvalue weighted by Gasteiger charge is -2.29. The van der Waals surface area contributed by atoms with Crippen LogP contribution in [0.1, 0.15) is 30.1 Å². The first kappa shape index (κ1) is 10.6. The van der Waals surface area contributed by atoms with Crippen LogP contribution in [0, 0.1) is 5.92 Å². The summed E-state index contributed by atoms with van der Waals surface area (Å²) in [5.74, 6) is 0.557. The van der Waals surface area contributed by atoms with E-state index in [9.17, 15) is 4.79 Å². The number of nitrogens with one attached hydrogen (secondary N) is 1. The molecule has 1 fully saturated rings. The highest BCUT2D eigenvalue weighted by Crippen LogP contribution is 2.39. The zero-order chi connectivity index (χ0) is 10.9. The Kier molecular flexibility index (Phi) is 2.80. The van der Waals surface area contributed by atoms with Gasteiger partial charge in [-0.1, -0.05) is 0 Å². The second kappa shape index (κ2) is 3.94. The molecule has 1 aromatic heterocycles. The maximum atomic E-state index is 11.9. The van der Waals surface area contributed by atoms with Gasteiger partial charge in [-0.3, -0.25) is 4.79 Å². The van der Waals surface area contributed by atoms with E-state index >= 15 is 0 Å². The van der Waals surface area contributed by atoms with Crippen LogP contribution in [0.3, 0.4) is 0 Å². The van der Waals surface area contributed by atoms with Crippen molar-refractivity contribution >= 4 is 17.2 Å². The van der Waals surface area contributed by atoms with Crippen LogP contribution in [-0.2, 0) is 0 Å². The molecule has 0 saturated heterocycles. The molecular formula is C11H16N2OS. The Balaban J connectivity index is 2.04. The van der Waals surface area contributed by atoms with Crippen molar-refractivity contribution in [3.05, 3.63) is 22.4 Å². The molecule has 82 valence electrons. The summed E-state index contributed by atoms with van der Waals surface area (Å²) in [6.45, 7) is 2.54. The van der Waals surface area contributed by atoms with Crippen LogP contribution in [0.4, 0.5) is 0 Å². The maximum Gasteiger partial charge on any atom is 0.252 e. The Bertz CT molecular complexity index is 345. The molecule has 4 heteroatoms. The average molecular weight is 224 g/mol. The van der Waals surface area contributed by atoms with Gasteiger partial charge in [-0.2, -0.15) is 11.3 Å². The van der Waals surface area contributed by atoms with Gasteiger partial charge < -0.3 is 11.1 Å². The van der Waals surface area contributed by atoms with E-state index < -0.39 is 0 Å². The standard InChI is InChI=1S/C11H16N2OS/c1-11(7-12,9-2-3-9)13-10(14)8-4-5-15-6-8/h4-6,9H,2-3,7,12H2,1H3,(H,13,14). The molecule has 1 aliphatic carbocycles. The van der Waals surface area contributed by atoms with E-state index in [0.29, 0.717) is 12.5 Å². The fourth-order valence-corrected chi connectivity index (χ4v) is 2.40. The van der Waals surface area contributed by atoms with Crippen LogP contribution >= 0.6 is 11.3 Å². The Morgan fingerprint density at radius 2 is 2.47 bits per heavy atom. The number of rotatable bonds is 4. The van der Waals surface area contributed by atoms with Gasteiger partial charge in [-0.25, -0.2) is 0 Å². The van der Waals surface area contributed by atoms with Crippen molar-refractivity contribution in [2.45, 2.75) is 25.3 Å². The van der Waals surface area contributed by atoms with E-state index in [1.165, 1.54) is 24.2 Å². The number of hydrogen-bond acceptors (Lipinski definition) is 3. The van der Waals surface area contributed by atoms with Crippen molar-refractivity contribution in [2.24, 2.45) is 11.7 Å². The quantitative estimate of drug-likeness (QED) is 0.816. The fraction of sp³-hybridized carbons (Fsp3) is 0.545. The molecule has 15 heavy (non-hydrogen) atoms. The summed E-state index contributed by atoms with van der Waals surface area (Å²) in [5, 5.41) is 6.82. The van der Waals surface area contributed by atoms with Gasteiger partial charge in [0.1, 0.15) is 0 Å². The molecule has 0 aliphatic heterocycles. The zero-order valence-corrected chi connectivity index (χ0v) is 9.64. The lowest BCUT2D eigenvalue weighted by Crippen LogP contribution is -2.53. The number of carbonyl (C=O) groups is 1.